The van der Waals surface area contributed by atoms with Crippen molar-refractivity contribution in [1.29, 1.82) is 0 Å². The molecule has 1 aliphatic rings. The number of benzene rings is 1. The molecule has 0 spiro atoms. The number of carbonyl (C=O) groups excluding carboxylic acids is 1. The van der Waals surface area contributed by atoms with E-state index in [9.17, 15) is 18.0 Å². The van der Waals surface area contributed by atoms with Crippen molar-refractivity contribution in [2.24, 2.45) is 5.92 Å². The number of aromatic nitrogens is 1. The topological polar surface area (TPSA) is 112 Å². The van der Waals surface area contributed by atoms with Gasteiger partial charge in [0, 0.05) is 12.2 Å². The van der Waals surface area contributed by atoms with Crippen molar-refractivity contribution in [3.8, 4) is 0 Å². The highest BCUT2D eigenvalue weighted by Crippen LogP contribution is 2.24. The lowest BCUT2D eigenvalue weighted by molar-refractivity contribution is -0.120. The Morgan fingerprint density at radius 3 is 2.75 bits per heavy atom. The lowest BCUT2D eigenvalue weighted by Crippen LogP contribution is -2.48. The number of sulfonamides is 1. The standard InChI is InChI=1S/C15H19N3O5S/c1-9(2)13(18-6-3-7-24(18,21)22)14(19)16-10-4-5-12-11(8-10)17-15(20)23-12/h4-5,8-9,13H,3,6-7H2,1-2H3,(H,16,19)(H,17,20)/t13-/m1/s1. The van der Waals surface area contributed by atoms with Crippen LogP contribution in [-0.2, 0) is 14.8 Å². The minimum absolute atomic E-state index is 0.0751. The van der Waals surface area contributed by atoms with E-state index in [0.717, 1.165) is 0 Å². The van der Waals surface area contributed by atoms with Crippen molar-refractivity contribution in [2.75, 3.05) is 17.6 Å². The highest BCUT2D eigenvalue weighted by molar-refractivity contribution is 7.89. The molecule has 3 rings (SSSR count). The van der Waals surface area contributed by atoms with E-state index in [1.807, 2.05) is 13.8 Å². The van der Waals surface area contributed by atoms with Crippen LogP contribution in [0.15, 0.2) is 27.4 Å². The molecule has 8 nitrogen and oxygen atoms in total. The molecule has 1 aliphatic heterocycles. The number of aromatic amines is 1. The third-order valence-corrected chi connectivity index (χ3v) is 5.96. The molecule has 130 valence electrons. The van der Waals surface area contributed by atoms with Crippen molar-refractivity contribution >= 4 is 32.7 Å². The first kappa shape index (κ1) is 16.7. The summed E-state index contributed by atoms with van der Waals surface area (Å²) in [6, 6.07) is 3.98. The fourth-order valence-electron chi connectivity index (χ4n) is 2.98. The van der Waals surface area contributed by atoms with Crippen LogP contribution in [-0.4, -0.2) is 42.0 Å². The number of fused-ring (bicyclic) bond motifs is 1. The van der Waals surface area contributed by atoms with Crippen molar-refractivity contribution in [1.82, 2.24) is 9.29 Å². The minimum atomic E-state index is -3.39. The highest BCUT2D eigenvalue weighted by atomic mass is 32.2. The number of nitrogens with zero attached hydrogens (tertiary/aromatic N) is 1. The zero-order chi connectivity index (χ0) is 17.5. The molecule has 2 heterocycles. The van der Waals surface area contributed by atoms with Crippen molar-refractivity contribution in [3.05, 3.63) is 28.7 Å². The van der Waals surface area contributed by atoms with Crippen LogP contribution in [0.1, 0.15) is 20.3 Å². The molecule has 1 aromatic carbocycles. The smallest absolute Gasteiger partial charge is 0.408 e. The van der Waals surface area contributed by atoms with Crippen LogP contribution in [0.4, 0.5) is 5.69 Å². The first-order valence-electron chi connectivity index (χ1n) is 7.71. The number of hydrogen-bond acceptors (Lipinski definition) is 5. The monoisotopic (exact) mass is 353 g/mol. The Labute approximate surface area is 138 Å². The third-order valence-electron chi connectivity index (χ3n) is 4.03. The molecule has 0 radical (unpaired) electrons. The van der Waals surface area contributed by atoms with Gasteiger partial charge in [0.1, 0.15) is 6.04 Å². The molecule has 1 saturated heterocycles. The molecule has 0 aliphatic carbocycles. The molecule has 0 unspecified atom stereocenters. The van der Waals surface area contributed by atoms with Gasteiger partial charge in [-0.2, -0.15) is 4.31 Å². The summed E-state index contributed by atoms with van der Waals surface area (Å²) in [6.45, 7) is 3.98. The average molecular weight is 353 g/mol. The summed E-state index contributed by atoms with van der Waals surface area (Å²) in [5, 5.41) is 2.73. The molecule has 0 bridgehead atoms. The molecule has 24 heavy (non-hydrogen) atoms. The van der Waals surface area contributed by atoms with Crippen LogP contribution in [0.5, 0.6) is 0 Å². The molecule has 9 heteroatoms. The van der Waals surface area contributed by atoms with Crippen LogP contribution in [0.2, 0.25) is 0 Å². The lowest BCUT2D eigenvalue weighted by atomic mass is 10.0. The Balaban J connectivity index is 1.86. The van der Waals surface area contributed by atoms with Crippen LogP contribution in [0.3, 0.4) is 0 Å². The zero-order valence-electron chi connectivity index (χ0n) is 13.4. The van der Waals surface area contributed by atoms with Gasteiger partial charge in [-0.25, -0.2) is 13.2 Å². The normalized spacial score (nSPS) is 19.0. The molecule has 1 aromatic heterocycles. The zero-order valence-corrected chi connectivity index (χ0v) is 14.2. The van der Waals surface area contributed by atoms with E-state index in [0.29, 0.717) is 29.8 Å². The molecule has 2 N–H and O–H groups in total. The summed E-state index contributed by atoms with van der Waals surface area (Å²) in [4.78, 5) is 26.4. The van der Waals surface area contributed by atoms with E-state index < -0.39 is 21.8 Å². The number of oxazole rings is 1. The summed E-state index contributed by atoms with van der Waals surface area (Å²) in [7, 11) is -3.39. The van der Waals surface area contributed by atoms with Gasteiger partial charge in [-0.05, 0) is 30.5 Å². The van der Waals surface area contributed by atoms with Gasteiger partial charge >= 0.3 is 5.76 Å². The maximum Gasteiger partial charge on any atom is 0.417 e. The van der Waals surface area contributed by atoms with E-state index in [4.69, 9.17) is 4.42 Å². The Hall–Kier alpha value is -2.13. The number of anilines is 1. The number of hydrogen-bond donors (Lipinski definition) is 2. The fourth-order valence-corrected chi connectivity index (χ4v) is 4.80. The van der Waals surface area contributed by atoms with E-state index in [1.165, 1.54) is 4.31 Å². The van der Waals surface area contributed by atoms with Gasteiger partial charge in [-0.3, -0.25) is 9.78 Å². The molecular formula is C15H19N3O5S. The van der Waals surface area contributed by atoms with Crippen LogP contribution in [0, 0.1) is 5.92 Å². The predicted molar refractivity (Wildman–Crippen MR) is 89.2 cm³/mol. The Morgan fingerprint density at radius 2 is 2.12 bits per heavy atom. The van der Waals surface area contributed by atoms with E-state index >= 15 is 0 Å². The number of amides is 1. The number of carbonyl (C=O) groups is 1. The van der Waals surface area contributed by atoms with Gasteiger partial charge in [-0.15, -0.1) is 0 Å². The largest absolute Gasteiger partial charge is 0.417 e. The van der Waals surface area contributed by atoms with Crippen LogP contribution in [0.25, 0.3) is 11.1 Å². The highest BCUT2D eigenvalue weighted by Gasteiger charge is 2.39. The lowest BCUT2D eigenvalue weighted by Gasteiger charge is -2.28. The van der Waals surface area contributed by atoms with Crippen molar-refractivity contribution in [3.63, 3.8) is 0 Å². The SMILES string of the molecule is CC(C)[C@H](C(=O)Nc1ccc2oc(=O)[nH]c2c1)N1CCCS1(=O)=O. The first-order chi connectivity index (χ1) is 11.3. The number of H-pyrrole nitrogens is 1. The molecule has 0 saturated carbocycles. The molecule has 1 amide bonds. The first-order valence-corrected chi connectivity index (χ1v) is 9.32. The summed E-state index contributed by atoms with van der Waals surface area (Å²) in [5.74, 6) is -1.06. The Bertz CT molecular complexity index is 928. The van der Waals surface area contributed by atoms with Gasteiger partial charge in [0.25, 0.3) is 0 Å². The van der Waals surface area contributed by atoms with Crippen molar-refractivity contribution in [2.45, 2.75) is 26.3 Å². The van der Waals surface area contributed by atoms with E-state index in [2.05, 4.69) is 10.3 Å². The maximum atomic E-state index is 12.7. The van der Waals surface area contributed by atoms with Crippen LogP contribution < -0.4 is 11.1 Å². The maximum absolute atomic E-state index is 12.7. The van der Waals surface area contributed by atoms with Gasteiger partial charge in [0.2, 0.25) is 15.9 Å². The van der Waals surface area contributed by atoms with Crippen molar-refractivity contribution < 1.29 is 17.6 Å². The predicted octanol–water partition coefficient (Wildman–Crippen LogP) is 1.12. The third kappa shape index (κ3) is 3.09. The quantitative estimate of drug-likeness (QED) is 0.855. The van der Waals surface area contributed by atoms with Gasteiger partial charge in [0.15, 0.2) is 5.58 Å². The second-order valence-electron chi connectivity index (χ2n) is 6.18. The van der Waals surface area contributed by atoms with Gasteiger partial charge in [-0.1, -0.05) is 13.8 Å². The van der Waals surface area contributed by atoms with E-state index in [-0.39, 0.29) is 17.6 Å². The van der Waals surface area contributed by atoms with Gasteiger partial charge < -0.3 is 9.73 Å². The Morgan fingerprint density at radius 1 is 1.38 bits per heavy atom. The van der Waals surface area contributed by atoms with Gasteiger partial charge in [0.05, 0.1) is 11.3 Å². The second-order valence-corrected chi connectivity index (χ2v) is 8.22. The summed E-state index contributed by atoms with van der Waals surface area (Å²) < 4.78 is 30.5. The van der Waals surface area contributed by atoms with E-state index in [1.54, 1.807) is 18.2 Å². The van der Waals surface area contributed by atoms with Crippen LogP contribution >= 0.6 is 0 Å². The summed E-state index contributed by atoms with van der Waals surface area (Å²) in [5.41, 5.74) is 1.32. The molecule has 1 atom stereocenters. The molecule has 1 fully saturated rings. The number of rotatable bonds is 4. The minimum Gasteiger partial charge on any atom is -0.408 e. The number of nitrogens with one attached hydrogen (secondary N) is 2. The second kappa shape index (κ2) is 6.06. The Kier molecular flexibility index (Phi) is 4.22. The summed E-state index contributed by atoms with van der Waals surface area (Å²) in [6.07, 6.45) is 0.529. The fraction of sp³-hybridized carbons (Fsp3) is 0.467. The summed E-state index contributed by atoms with van der Waals surface area (Å²) >= 11 is 0. The molecular weight excluding hydrogens is 334 g/mol. The molecule has 2 aromatic rings. The average Bonchev–Trinajstić information content (AvgIpc) is 3.00.